The molecule has 0 unspecified atom stereocenters. The number of hydrogen-bond acceptors (Lipinski definition) is 2. The third-order valence-electron chi connectivity index (χ3n) is 2.64. The van der Waals surface area contributed by atoms with Crippen LogP contribution in [0, 0.1) is 0 Å². The van der Waals surface area contributed by atoms with Crippen molar-refractivity contribution in [3.05, 3.63) is 29.3 Å². The molecule has 2 nitrogen and oxygen atoms in total. The van der Waals surface area contributed by atoms with E-state index in [2.05, 4.69) is 17.1 Å². The molecule has 0 atom stereocenters. The van der Waals surface area contributed by atoms with Crippen LogP contribution >= 0.6 is 23.2 Å². The molecule has 1 aromatic carbocycles. The van der Waals surface area contributed by atoms with Crippen LogP contribution in [-0.2, 0) is 0 Å². The van der Waals surface area contributed by atoms with Crippen LogP contribution in [0.2, 0.25) is 5.02 Å². The lowest BCUT2D eigenvalue weighted by molar-refractivity contribution is 0.300. The van der Waals surface area contributed by atoms with E-state index in [-0.39, 0.29) is 0 Å². The maximum atomic E-state index is 5.92. The van der Waals surface area contributed by atoms with Crippen LogP contribution in [0.1, 0.15) is 13.3 Å². The number of halogens is 2. The quantitative estimate of drug-likeness (QED) is 0.728. The molecule has 0 bridgehead atoms. The Morgan fingerprint density at radius 3 is 2.76 bits per heavy atom. The monoisotopic (exact) mass is 274 g/mol. The van der Waals surface area contributed by atoms with E-state index in [1.807, 2.05) is 24.3 Å². The van der Waals surface area contributed by atoms with Crippen molar-refractivity contribution < 1.29 is 0 Å². The third kappa shape index (κ3) is 6.16. The summed E-state index contributed by atoms with van der Waals surface area (Å²) in [5.41, 5.74) is 1.07. The van der Waals surface area contributed by atoms with Gasteiger partial charge in [0.2, 0.25) is 0 Å². The molecule has 0 saturated carbocycles. The Hall–Kier alpha value is -0.440. The van der Waals surface area contributed by atoms with Crippen LogP contribution in [0.4, 0.5) is 5.69 Å². The average molecular weight is 275 g/mol. The van der Waals surface area contributed by atoms with Crippen molar-refractivity contribution >= 4 is 28.9 Å². The molecule has 0 fully saturated rings. The van der Waals surface area contributed by atoms with Crippen molar-refractivity contribution in [2.45, 2.75) is 13.3 Å². The topological polar surface area (TPSA) is 15.3 Å². The highest BCUT2D eigenvalue weighted by Gasteiger charge is 2.01. The van der Waals surface area contributed by atoms with Gasteiger partial charge in [-0.3, -0.25) is 0 Å². The molecule has 1 rings (SSSR count). The van der Waals surface area contributed by atoms with E-state index in [1.54, 1.807) is 0 Å². The lowest BCUT2D eigenvalue weighted by atomic mass is 10.3. The largest absolute Gasteiger partial charge is 0.384 e. The predicted molar refractivity (Wildman–Crippen MR) is 77.4 cm³/mol. The van der Waals surface area contributed by atoms with Crippen molar-refractivity contribution in [1.82, 2.24) is 4.90 Å². The van der Waals surface area contributed by atoms with E-state index in [0.29, 0.717) is 0 Å². The first-order chi connectivity index (χ1) is 8.26. The lowest BCUT2D eigenvalue weighted by Crippen LogP contribution is -2.30. The van der Waals surface area contributed by atoms with Crippen LogP contribution < -0.4 is 5.32 Å². The molecule has 0 aliphatic heterocycles. The fourth-order valence-electron chi connectivity index (χ4n) is 1.67. The van der Waals surface area contributed by atoms with Gasteiger partial charge < -0.3 is 10.2 Å². The average Bonchev–Trinajstić information content (AvgIpc) is 2.33. The van der Waals surface area contributed by atoms with Crippen molar-refractivity contribution in [1.29, 1.82) is 0 Å². The van der Waals surface area contributed by atoms with E-state index in [1.165, 1.54) is 0 Å². The molecule has 96 valence electrons. The SMILES string of the molecule is CCN(CCCCl)CCNc1cccc(Cl)c1. The molecule has 0 aliphatic carbocycles. The maximum absolute atomic E-state index is 5.92. The summed E-state index contributed by atoms with van der Waals surface area (Å²) in [4.78, 5) is 2.39. The Morgan fingerprint density at radius 1 is 1.29 bits per heavy atom. The molecular weight excluding hydrogens is 255 g/mol. The number of alkyl halides is 1. The molecule has 0 saturated heterocycles. The summed E-state index contributed by atoms with van der Waals surface area (Å²) < 4.78 is 0. The molecule has 0 amide bonds. The maximum Gasteiger partial charge on any atom is 0.0426 e. The molecule has 0 spiro atoms. The van der Waals surface area contributed by atoms with Crippen LogP contribution in [0.25, 0.3) is 0 Å². The summed E-state index contributed by atoms with van der Waals surface area (Å²) >= 11 is 11.6. The van der Waals surface area contributed by atoms with Gasteiger partial charge in [0.05, 0.1) is 0 Å². The van der Waals surface area contributed by atoms with Crippen LogP contribution in [-0.4, -0.2) is 37.0 Å². The summed E-state index contributed by atoms with van der Waals surface area (Å²) in [7, 11) is 0. The zero-order valence-corrected chi connectivity index (χ0v) is 11.8. The molecule has 0 aromatic heterocycles. The molecule has 0 radical (unpaired) electrons. The number of benzene rings is 1. The second-order valence-corrected chi connectivity index (χ2v) is 4.73. The molecule has 0 heterocycles. The highest BCUT2D eigenvalue weighted by atomic mass is 35.5. The Balaban J connectivity index is 2.26. The Bertz CT molecular complexity index is 318. The lowest BCUT2D eigenvalue weighted by Gasteiger charge is -2.20. The standard InChI is InChI=1S/C13H20Cl2N2/c1-2-17(9-4-7-14)10-8-16-13-6-3-5-12(15)11-13/h3,5-6,11,16H,2,4,7-10H2,1H3. The van der Waals surface area contributed by atoms with Crippen molar-refractivity contribution in [2.75, 3.05) is 37.4 Å². The highest BCUT2D eigenvalue weighted by molar-refractivity contribution is 6.30. The first-order valence-corrected chi connectivity index (χ1v) is 6.95. The summed E-state index contributed by atoms with van der Waals surface area (Å²) in [6.45, 7) is 6.26. The smallest absolute Gasteiger partial charge is 0.0426 e. The van der Waals surface area contributed by atoms with Crippen molar-refractivity contribution in [3.8, 4) is 0 Å². The Morgan fingerprint density at radius 2 is 2.12 bits per heavy atom. The second kappa shape index (κ2) is 8.62. The van der Waals surface area contributed by atoms with Crippen LogP contribution in [0.3, 0.4) is 0 Å². The van der Waals surface area contributed by atoms with Crippen molar-refractivity contribution in [3.63, 3.8) is 0 Å². The molecule has 4 heteroatoms. The van der Waals surface area contributed by atoms with Gasteiger partial charge in [-0.2, -0.15) is 0 Å². The fraction of sp³-hybridized carbons (Fsp3) is 0.538. The van der Waals surface area contributed by atoms with E-state index < -0.39 is 0 Å². The molecule has 1 N–H and O–H groups in total. The number of nitrogens with zero attached hydrogens (tertiary/aromatic N) is 1. The number of anilines is 1. The second-order valence-electron chi connectivity index (χ2n) is 3.91. The Labute approximate surface area is 114 Å². The van der Waals surface area contributed by atoms with E-state index in [0.717, 1.165) is 49.2 Å². The minimum atomic E-state index is 0.734. The summed E-state index contributed by atoms with van der Waals surface area (Å²) in [5, 5.41) is 4.14. The first-order valence-electron chi connectivity index (χ1n) is 6.04. The van der Waals surface area contributed by atoms with Gasteiger partial charge in [-0.1, -0.05) is 24.6 Å². The van der Waals surface area contributed by atoms with Gasteiger partial charge in [-0.25, -0.2) is 0 Å². The zero-order chi connectivity index (χ0) is 12.5. The van der Waals surface area contributed by atoms with Crippen molar-refractivity contribution in [2.24, 2.45) is 0 Å². The normalized spacial score (nSPS) is 10.8. The van der Waals surface area contributed by atoms with Crippen LogP contribution in [0.5, 0.6) is 0 Å². The summed E-state index contributed by atoms with van der Waals surface area (Å²) in [6, 6.07) is 7.80. The van der Waals surface area contributed by atoms with E-state index >= 15 is 0 Å². The molecule has 17 heavy (non-hydrogen) atoms. The van der Waals surface area contributed by atoms with Gasteiger partial charge in [0, 0.05) is 29.7 Å². The fourth-order valence-corrected chi connectivity index (χ4v) is 1.98. The van der Waals surface area contributed by atoms with Gasteiger partial charge >= 0.3 is 0 Å². The highest BCUT2D eigenvalue weighted by Crippen LogP contribution is 2.14. The van der Waals surface area contributed by atoms with E-state index in [4.69, 9.17) is 23.2 Å². The van der Waals surface area contributed by atoms with Crippen LogP contribution in [0.15, 0.2) is 24.3 Å². The molecule has 0 aliphatic rings. The Kier molecular flexibility index (Phi) is 7.41. The zero-order valence-electron chi connectivity index (χ0n) is 10.3. The van der Waals surface area contributed by atoms with Gasteiger partial charge in [-0.05, 0) is 37.7 Å². The number of nitrogens with one attached hydrogen (secondary N) is 1. The minimum Gasteiger partial charge on any atom is -0.384 e. The minimum absolute atomic E-state index is 0.734. The summed E-state index contributed by atoms with van der Waals surface area (Å²) in [5.74, 6) is 0.734. The molecular formula is C13H20Cl2N2. The van der Waals surface area contributed by atoms with Gasteiger partial charge in [0.1, 0.15) is 0 Å². The van der Waals surface area contributed by atoms with Gasteiger partial charge in [0.15, 0.2) is 0 Å². The first kappa shape index (κ1) is 14.6. The number of rotatable bonds is 8. The van der Waals surface area contributed by atoms with Gasteiger partial charge in [-0.15, -0.1) is 11.6 Å². The van der Waals surface area contributed by atoms with E-state index in [9.17, 15) is 0 Å². The number of hydrogen-bond donors (Lipinski definition) is 1. The predicted octanol–water partition coefficient (Wildman–Crippen LogP) is 3.70. The summed E-state index contributed by atoms with van der Waals surface area (Å²) in [6.07, 6.45) is 1.05. The van der Waals surface area contributed by atoms with Gasteiger partial charge in [0.25, 0.3) is 0 Å². The number of likely N-dealkylation sites (N-methyl/N-ethyl adjacent to an activating group) is 1. The molecule has 1 aromatic rings. The third-order valence-corrected chi connectivity index (χ3v) is 3.14.